The number of aromatic nitrogens is 2. The predicted octanol–water partition coefficient (Wildman–Crippen LogP) is 3.31. The Balaban J connectivity index is 2.59. The number of para-hydroxylation sites is 1. The zero-order valence-corrected chi connectivity index (χ0v) is 16.2. The number of carbonyl (C=O) groups is 1. The fourth-order valence-electron chi connectivity index (χ4n) is 2.88. The van der Waals surface area contributed by atoms with Crippen LogP contribution in [0.3, 0.4) is 0 Å². The second kappa shape index (κ2) is 8.65. The molecule has 1 N–H and O–H groups in total. The Bertz CT molecular complexity index is 787. The van der Waals surface area contributed by atoms with Crippen LogP contribution in [0.4, 0.5) is 11.4 Å². The molecule has 140 valence electrons. The molecule has 2 rings (SSSR count). The van der Waals surface area contributed by atoms with E-state index in [9.17, 15) is 9.59 Å². The molecule has 0 unspecified atom stereocenters. The monoisotopic (exact) mass is 356 g/mol. The second-order valence-electron chi connectivity index (χ2n) is 7.33. The van der Waals surface area contributed by atoms with Crippen LogP contribution in [0.25, 0.3) is 5.69 Å². The van der Waals surface area contributed by atoms with Crippen LogP contribution < -0.4 is 15.8 Å². The van der Waals surface area contributed by atoms with E-state index >= 15 is 0 Å². The zero-order chi connectivity index (χ0) is 19.3. The van der Waals surface area contributed by atoms with Gasteiger partial charge in [0, 0.05) is 20.0 Å². The van der Waals surface area contributed by atoms with E-state index in [-0.39, 0.29) is 17.2 Å². The summed E-state index contributed by atoms with van der Waals surface area (Å²) < 4.78 is 1.32. The summed E-state index contributed by atoms with van der Waals surface area (Å²) in [6, 6.07) is 9.19. The molecule has 0 spiro atoms. The first-order chi connectivity index (χ1) is 12.3. The molecule has 6 heteroatoms. The SMILES string of the molecule is CC(=O)Nc1c(N(CC(C)C)CC(C)C)cnn(-c2ccccc2)c1=O. The van der Waals surface area contributed by atoms with Gasteiger partial charge in [0.25, 0.3) is 5.56 Å². The molecule has 1 aromatic heterocycles. The van der Waals surface area contributed by atoms with Gasteiger partial charge < -0.3 is 10.2 Å². The molecular weight excluding hydrogens is 328 g/mol. The third-order valence-electron chi connectivity index (χ3n) is 3.77. The van der Waals surface area contributed by atoms with Crippen molar-refractivity contribution in [1.82, 2.24) is 9.78 Å². The van der Waals surface area contributed by atoms with Crippen LogP contribution in [0.15, 0.2) is 41.3 Å². The van der Waals surface area contributed by atoms with E-state index in [0.717, 1.165) is 13.1 Å². The summed E-state index contributed by atoms with van der Waals surface area (Å²) in [5, 5.41) is 7.09. The molecule has 0 aliphatic heterocycles. The summed E-state index contributed by atoms with van der Waals surface area (Å²) >= 11 is 0. The number of nitrogens with one attached hydrogen (secondary N) is 1. The van der Waals surface area contributed by atoms with Gasteiger partial charge in [-0.1, -0.05) is 45.9 Å². The number of benzene rings is 1. The third-order valence-corrected chi connectivity index (χ3v) is 3.77. The van der Waals surface area contributed by atoms with Crippen LogP contribution in [0.2, 0.25) is 0 Å². The van der Waals surface area contributed by atoms with Gasteiger partial charge in [-0.25, -0.2) is 0 Å². The molecule has 1 heterocycles. The fraction of sp³-hybridized carbons (Fsp3) is 0.450. The Labute approximate surface area is 154 Å². The molecule has 1 amide bonds. The molecule has 6 nitrogen and oxygen atoms in total. The molecule has 1 aromatic carbocycles. The lowest BCUT2D eigenvalue weighted by atomic mass is 10.1. The Morgan fingerprint density at radius 3 is 2.19 bits per heavy atom. The minimum absolute atomic E-state index is 0.275. The number of hydrogen-bond acceptors (Lipinski definition) is 4. The van der Waals surface area contributed by atoms with Crippen molar-refractivity contribution in [2.24, 2.45) is 11.8 Å². The maximum absolute atomic E-state index is 13.1. The first-order valence-corrected chi connectivity index (χ1v) is 8.99. The summed E-state index contributed by atoms with van der Waals surface area (Å²) in [5.41, 5.74) is 1.27. The highest BCUT2D eigenvalue weighted by atomic mass is 16.2. The lowest BCUT2D eigenvalue weighted by molar-refractivity contribution is -0.114. The highest BCUT2D eigenvalue weighted by Gasteiger charge is 2.20. The lowest BCUT2D eigenvalue weighted by Gasteiger charge is -2.29. The van der Waals surface area contributed by atoms with Crippen LogP contribution in [-0.4, -0.2) is 28.8 Å². The maximum atomic E-state index is 13.1. The van der Waals surface area contributed by atoms with Gasteiger partial charge in [-0.3, -0.25) is 9.59 Å². The first kappa shape index (κ1) is 19.7. The maximum Gasteiger partial charge on any atom is 0.297 e. The van der Waals surface area contributed by atoms with Gasteiger partial charge in [0.1, 0.15) is 5.69 Å². The number of carbonyl (C=O) groups excluding carboxylic acids is 1. The Hall–Kier alpha value is -2.63. The van der Waals surface area contributed by atoms with Crippen molar-refractivity contribution in [3.05, 3.63) is 46.9 Å². The van der Waals surface area contributed by atoms with Gasteiger partial charge in [0.2, 0.25) is 5.91 Å². The molecule has 0 atom stereocenters. The summed E-state index contributed by atoms with van der Waals surface area (Å²) in [4.78, 5) is 26.9. The summed E-state index contributed by atoms with van der Waals surface area (Å²) in [6.45, 7) is 11.5. The molecule has 2 aromatic rings. The van der Waals surface area contributed by atoms with E-state index in [2.05, 4.69) is 43.0 Å². The van der Waals surface area contributed by atoms with Crippen molar-refractivity contribution in [2.45, 2.75) is 34.6 Å². The molecule has 0 saturated carbocycles. The highest BCUT2D eigenvalue weighted by molar-refractivity contribution is 5.92. The average molecular weight is 356 g/mol. The minimum Gasteiger partial charge on any atom is -0.368 e. The molecule has 0 aliphatic rings. The Morgan fingerprint density at radius 1 is 1.12 bits per heavy atom. The number of anilines is 2. The smallest absolute Gasteiger partial charge is 0.297 e. The third kappa shape index (κ3) is 4.94. The number of rotatable bonds is 7. The van der Waals surface area contributed by atoms with Gasteiger partial charge >= 0.3 is 0 Å². The standard InChI is InChI=1S/C20H28N4O2/c1-14(2)12-23(13-15(3)4)18-11-21-24(17-9-7-6-8-10-17)20(26)19(18)22-16(5)25/h6-11,14-15H,12-13H2,1-5H3,(H,22,25). The van der Waals surface area contributed by atoms with Crippen molar-refractivity contribution in [3.8, 4) is 5.69 Å². The van der Waals surface area contributed by atoms with Gasteiger partial charge in [-0.15, -0.1) is 0 Å². The van der Waals surface area contributed by atoms with Crippen molar-refractivity contribution in [1.29, 1.82) is 0 Å². The molecule has 0 saturated heterocycles. The summed E-state index contributed by atoms with van der Waals surface area (Å²) in [6.07, 6.45) is 1.67. The van der Waals surface area contributed by atoms with Crippen LogP contribution in [0.1, 0.15) is 34.6 Å². The Morgan fingerprint density at radius 2 is 1.69 bits per heavy atom. The molecular formula is C20H28N4O2. The van der Waals surface area contributed by atoms with Gasteiger partial charge in [0.15, 0.2) is 0 Å². The van der Waals surface area contributed by atoms with Crippen LogP contribution in [0, 0.1) is 11.8 Å². The summed E-state index contributed by atoms with van der Waals surface area (Å²) in [5.74, 6) is 0.550. The fourth-order valence-corrected chi connectivity index (χ4v) is 2.88. The van der Waals surface area contributed by atoms with Gasteiger partial charge in [-0.2, -0.15) is 9.78 Å². The lowest BCUT2D eigenvalue weighted by Crippen LogP contribution is -2.35. The second-order valence-corrected chi connectivity index (χ2v) is 7.33. The normalized spacial score (nSPS) is 11.0. The van der Waals surface area contributed by atoms with Crippen LogP contribution in [0.5, 0.6) is 0 Å². The number of amides is 1. The molecule has 0 radical (unpaired) electrons. The van der Waals surface area contributed by atoms with Gasteiger partial charge in [-0.05, 0) is 24.0 Å². The van der Waals surface area contributed by atoms with E-state index in [1.165, 1.54) is 11.6 Å². The van der Waals surface area contributed by atoms with Gasteiger partial charge in [0.05, 0.1) is 17.6 Å². The zero-order valence-electron chi connectivity index (χ0n) is 16.2. The number of hydrogen-bond donors (Lipinski definition) is 1. The van der Waals surface area contributed by atoms with Crippen molar-refractivity contribution in [3.63, 3.8) is 0 Å². The predicted molar refractivity (Wildman–Crippen MR) is 106 cm³/mol. The minimum atomic E-state index is -0.332. The van der Waals surface area contributed by atoms with Crippen molar-refractivity contribution >= 4 is 17.3 Å². The first-order valence-electron chi connectivity index (χ1n) is 8.99. The molecule has 0 fully saturated rings. The van der Waals surface area contributed by atoms with E-state index in [1.54, 1.807) is 6.20 Å². The van der Waals surface area contributed by atoms with E-state index in [4.69, 9.17) is 0 Å². The largest absolute Gasteiger partial charge is 0.368 e. The van der Waals surface area contributed by atoms with E-state index < -0.39 is 0 Å². The quantitative estimate of drug-likeness (QED) is 0.826. The van der Waals surface area contributed by atoms with Crippen molar-refractivity contribution < 1.29 is 4.79 Å². The Kier molecular flexibility index (Phi) is 6.55. The van der Waals surface area contributed by atoms with Crippen LogP contribution >= 0.6 is 0 Å². The number of nitrogens with zero attached hydrogens (tertiary/aromatic N) is 3. The van der Waals surface area contributed by atoms with Crippen molar-refractivity contribution in [2.75, 3.05) is 23.3 Å². The van der Waals surface area contributed by atoms with E-state index in [0.29, 0.717) is 23.2 Å². The van der Waals surface area contributed by atoms with E-state index in [1.807, 2.05) is 30.3 Å². The molecule has 0 aliphatic carbocycles. The molecule has 26 heavy (non-hydrogen) atoms. The summed E-state index contributed by atoms with van der Waals surface area (Å²) in [7, 11) is 0. The topological polar surface area (TPSA) is 67.2 Å². The van der Waals surface area contributed by atoms with Crippen LogP contribution in [-0.2, 0) is 4.79 Å². The molecule has 0 bridgehead atoms. The average Bonchev–Trinajstić information content (AvgIpc) is 2.55. The highest BCUT2D eigenvalue weighted by Crippen LogP contribution is 2.24.